The summed E-state index contributed by atoms with van der Waals surface area (Å²) in [7, 11) is 0. The van der Waals surface area contributed by atoms with Crippen molar-refractivity contribution in [2.75, 3.05) is 37.8 Å². The Balaban J connectivity index is 1.38. The molecule has 1 fully saturated rings. The molecule has 2 aromatic heterocycles. The molecule has 34 heavy (non-hydrogen) atoms. The fraction of sp³-hybridized carbons (Fsp3) is 0.455. The van der Waals surface area contributed by atoms with Crippen molar-refractivity contribution in [3.05, 3.63) is 22.9 Å². The molecule has 2 N–H and O–H groups in total. The first kappa shape index (κ1) is 23.6. The van der Waals surface area contributed by atoms with Gasteiger partial charge in [0.2, 0.25) is 5.91 Å². The number of anilines is 1. The topological polar surface area (TPSA) is 108 Å². The van der Waals surface area contributed by atoms with Gasteiger partial charge in [-0.15, -0.1) is 0 Å². The van der Waals surface area contributed by atoms with Crippen molar-refractivity contribution in [2.24, 2.45) is 5.92 Å². The maximum atomic E-state index is 11.9. The van der Waals surface area contributed by atoms with Crippen LogP contribution in [0.15, 0.2) is 33.0 Å². The number of nitrogens with zero attached hydrogens (tertiary/aromatic N) is 5. The van der Waals surface area contributed by atoms with Gasteiger partial charge >= 0.3 is 0 Å². The summed E-state index contributed by atoms with van der Waals surface area (Å²) in [5.74, 6) is 2.72. The predicted octanol–water partition coefficient (Wildman–Crippen LogP) is 3.65. The van der Waals surface area contributed by atoms with E-state index in [2.05, 4.69) is 43.1 Å². The quantitative estimate of drug-likeness (QED) is 0.437. The first-order valence-electron chi connectivity index (χ1n) is 11.2. The van der Waals surface area contributed by atoms with Crippen LogP contribution in [0.3, 0.4) is 0 Å². The van der Waals surface area contributed by atoms with Gasteiger partial charge in [0.25, 0.3) is 0 Å². The minimum Gasteiger partial charge on any atom is -0.486 e. The number of nitrogens with two attached hydrogens (primary N) is 1. The smallest absolute Gasteiger partial charge is 0.232 e. The second kappa shape index (κ2) is 10.2. The number of halogens is 1. The van der Waals surface area contributed by atoms with Crippen LogP contribution >= 0.6 is 40.3 Å². The van der Waals surface area contributed by atoms with Crippen molar-refractivity contribution >= 4 is 63.2 Å². The van der Waals surface area contributed by atoms with Gasteiger partial charge in [-0.3, -0.25) is 4.79 Å². The summed E-state index contributed by atoms with van der Waals surface area (Å²) in [6.45, 7) is 3.40. The van der Waals surface area contributed by atoms with E-state index in [4.69, 9.17) is 20.2 Å². The van der Waals surface area contributed by atoms with E-state index in [1.54, 1.807) is 0 Å². The standard InChI is InChI=1S/C22H25BrN6O3S2/c23-14-9-15-16(32-8-7-31-15)10-17(14)34-22-27-19-20(24)25-12-26-21(19)29(22)6-3-13-1-4-28(5-2-13)18(30)11-33/h9-10,12-13,33H,1-8,11H2,(H2,24,25,26). The van der Waals surface area contributed by atoms with E-state index in [1.165, 1.54) is 18.1 Å². The monoisotopic (exact) mass is 564 g/mol. The Morgan fingerprint density at radius 2 is 1.94 bits per heavy atom. The summed E-state index contributed by atoms with van der Waals surface area (Å²) in [6, 6.07) is 3.90. The Labute approximate surface area is 215 Å². The van der Waals surface area contributed by atoms with Crippen LogP contribution in [-0.2, 0) is 11.3 Å². The molecule has 3 aromatic rings. The molecule has 5 rings (SSSR count). The highest BCUT2D eigenvalue weighted by molar-refractivity contribution is 9.10. The van der Waals surface area contributed by atoms with Gasteiger partial charge in [0.15, 0.2) is 33.6 Å². The van der Waals surface area contributed by atoms with Crippen molar-refractivity contribution < 1.29 is 14.3 Å². The zero-order chi connectivity index (χ0) is 23.7. The lowest BCUT2D eigenvalue weighted by Gasteiger charge is -2.31. The van der Waals surface area contributed by atoms with Gasteiger partial charge in [0.05, 0.1) is 5.75 Å². The lowest BCUT2D eigenvalue weighted by molar-refractivity contribution is -0.129. The molecule has 0 radical (unpaired) electrons. The Hall–Kier alpha value is -2.18. The average Bonchev–Trinajstić information content (AvgIpc) is 3.21. The fourth-order valence-electron chi connectivity index (χ4n) is 4.32. The van der Waals surface area contributed by atoms with Gasteiger partial charge in [0.1, 0.15) is 19.5 Å². The van der Waals surface area contributed by atoms with Gasteiger partial charge < -0.3 is 24.7 Å². The summed E-state index contributed by atoms with van der Waals surface area (Å²) in [5, 5.41) is 0.794. The molecule has 0 aliphatic carbocycles. The zero-order valence-electron chi connectivity index (χ0n) is 18.4. The molecule has 2 aliphatic heterocycles. The molecule has 9 nitrogen and oxygen atoms in total. The second-order valence-electron chi connectivity index (χ2n) is 8.28. The number of hydrogen-bond acceptors (Lipinski definition) is 9. The first-order valence-corrected chi connectivity index (χ1v) is 13.4. The molecule has 0 spiro atoms. The normalized spacial score (nSPS) is 16.2. The van der Waals surface area contributed by atoms with E-state index in [-0.39, 0.29) is 11.7 Å². The summed E-state index contributed by atoms with van der Waals surface area (Å²) < 4.78 is 14.5. The Kier molecular flexibility index (Phi) is 7.07. The highest BCUT2D eigenvalue weighted by Gasteiger charge is 2.24. The van der Waals surface area contributed by atoms with E-state index in [0.29, 0.717) is 30.5 Å². The lowest BCUT2D eigenvalue weighted by atomic mass is 9.93. The molecule has 0 bridgehead atoms. The maximum absolute atomic E-state index is 11.9. The minimum atomic E-state index is 0.109. The van der Waals surface area contributed by atoms with Gasteiger partial charge in [-0.05, 0) is 53.2 Å². The number of thiol groups is 1. The minimum absolute atomic E-state index is 0.109. The van der Waals surface area contributed by atoms with E-state index in [9.17, 15) is 4.79 Å². The van der Waals surface area contributed by atoms with Crippen LogP contribution in [0.5, 0.6) is 11.5 Å². The molecule has 0 atom stereocenters. The second-order valence-corrected chi connectivity index (χ2v) is 10.5. The molecule has 12 heteroatoms. The Morgan fingerprint density at radius 1 is 1.21 bits per heavy atom. The van der Waals surface area contributed by atoms with Crippen LogP contribution in [0.4, 0.5) is 5.82 Å². The van der Waals surface area contributed by atoms with Gasteiger partial charge in [0, 0.05) is 29.0 Å². The van der Waals surface area contributed by atoms with Crippen molar-refractivity contribution in [3.63, 3.8) is 0 Å². The van der Waals surface area contributed by atoms with Crippen LogP contribution in [0.2, 0.25) is 0 Å². The first-order chi connectivity index (χ1) is 16.5. The number of aryl methyl sites for hydroxylation is 1. The highest BCUT2D eigenvalue weighted by atomic mass is 79.9. The van der Waals surface area contributed by atoms with Crippen molar-refractivity contribution in [1.82, 2.24) is 24.4 Å². The predicted molar refractivity (Wildman–Crippen MR) is 137 cm³/mol. The summed E-state index contributed by atoms with van der Waals surface area (Å²) >= 11 is 9.30. The third-order valence-electron chi connectivity index (χ3n) is 6.19. The van der Waals surface area contributed by atoms with Crippen LogP contribution in [0, 0.1) is 5.92 Å². The number of ether oxygens (including phenoxy) is 2. The van der Waals surface area contributed by atoms with E-state index >= 15 is 0 Å². The summed E-state index contributed by atoms with van der Waals surface area (Å²) in [5.41, 5.74) is 7.46. The van der Waals surface area contributed by atoms with Crippen LogP contribution in [0.25, 0.3) is 11.2 Å². The number of carbonyl (C=O) groups is 1. The Morgan fingerprint density at radius 3 is 2.68 bits per heavy atom. The molecule has 1 saturated heterocycles. The van der Waals surface area contributed by atoms with Crippen molar-refractivity contribution in [2.45, 2.75) is 35.9 Å². The van der Waals surface area contributed by atoms with Crippen LogP contribution in [0.1, 0.15) is 19.3 Å². The van der Waals surface area contributed by atoms with Gasteiger partial charge in [-0.25, -0.2) is 15.0 Å². The number of nitrogen functional groups attached to an aromatic ring is 1. The Bertz CT molecular complexity index is 1220. The number of rotatable bonds is 6. The van der Waals surface area contributed by atoms with Crippen molar-refractivity contribution in [3.8, 4) is 11.5 Å². The number of benzene rings is 1. The molecule has 4 heterocycles. The average molecular weight is 566 g/mol. The third-order valence-corrected chi connectivity index (χ3v) is 8.43. The number of likely N-dealkylation sites (tertiary alicyclic amines) is 1. The van der Waals surface area contributed by atoms with E-state index < -0.39 is 0 Å². The zero-order valence-corrected chi connectivity index (χ0v) is 21.7. The highest BCUT2D eigenvalue weighted by Crippen LogP contribution is 2.42. The molecule has 0 saturated carbocycles. The largest absolute Gasteiger partial charge is 0.486 e. The van der Waals surface area contributed by atoms with Gasteiger partial charge in [-0.2, -0.15) is 12.6 Å². The number of imidazole rings is 1. The molecule has 180 valence electrons. The molecule has 1 amide bonds. The number of fused-ring (bicyclic) bond motifs is 2. The number of carbonyl (C=O) groups excluding carboxylic acids is 1. The van der Waals surface area contributed by atoms with Gasteiger partial charge in [-0.1, -0.05) is 11.8 Å². The SMILES string of the molecule is Nc1ncnc2c1nc(Sc1cc3c(cc1Br)OCCO3)n2CCC1CCN(C(=O)CS)CC1. The van der Waals surface area contributed by atoms with E-state index in [0.717, 1.165) is 70.6 Å². The summed E-state index contributed by atoms with van der Waals surface area (Å²) in [4.78, 5) is 28.2. The number of piperidine rings is 1. The number of hydrogen-bond donors (Lipinski definition) is 2. The number of aromatic nitrogens is 4. The molecule has 1 aromatic carbocycles. The fourth-order valence-corrected chi connectivity index (χ4v) is 6.03. The maximum Gasteiger partial charge on any atom is 0.232 e. The third kappa shape index (κ3) is 4.80. The molecule has 0 unspecified atom stereocenters. The lowest BCUT2D eigenvalue weighted by Crippen LogP contribution is -2.39. The molecular weight excluding hydrogens is 540 g/mol. The van der Waals surface area contributed by atoms with Crippen molar-refractivity contribution in [1.29, 1.82) is 0 Å². The molecule has 2 aliphatic rings. The van der Waals surface area contributed by atoms with E-state index in [1.807, 2.05) is 17.0 Å². The number of amides is 1. The van der Waals surface area contributed by atoms with Crippen LogP contribution < -0.4 is 15.2 Å². The van der Waals surface area contributed by atoms with Crippen LogP contribution in [-0.4, -0.2) is 62.4 Å². The molecular formula is C22H25BrN6O3S2. The summed E-state index contributed by atoms with van der Waals surface area (Å²) in [6.07, 6.45) is 4.42.